The van der Waals surface area contributed by atoms with Gasteiger partial charge in [-0.15, -0.1) is 0 Å². The van der Waals surface area contributed by atoms with Gasteiger partial charge in [0.15, 0.2) is 0 Å². The van der Waals surface area contributed by atoms with Crippen molar-refractivity contribution in [3.05, 3.63) is 53.2 Å². The van der Waals surface area contributed by atoms with Gasteiger partial charge < -0.3 is 10.2 Å². The highest BCUT2D eigenvalue weighted by molar-refractivity contribution is 5.93. The van der Waals surface area contributed by atoms with Gasteiger partial charge in [0, 0.05) is 30.4 Å². The first-order chi connectivity index (χ1) is 14.7. The lowest BCUT2D eigenvalue weighted by molar-refractivity contribution is 0.0926. The molecule has 2 aromatic heterocycles. The van der Waals surface area contributed by atoms with Gasteiger partial charge >= 0.3 is 0 Å². The van der Waals surface area contributed by atoms with E-state index in [4.69, 9.17) is 4.98 Å². The molecule has 1 N–H and O–H groups in total. The summed E-state index contributed by atoms with van der Waals surface area (Å²) in [6, 6.07) is 7.73. The summed E-state index contributed by atoms with van der Waals surface area (Å²) in [6.45, 7) is 3.75. The Balaban J connectivity index is 1.25. The van der Waals surface area contributed by atoms with Crippen molar-refractivity contribution < 1.29 is 4.79 Å². The molecule has 0 atom stereocenters. The second-order valence-electron chi connectivity index (χ2n) is 8.21. The number of carbonyl (C=O) groups is 1. The minimum Gasteiger partial charge on any atom is -0.356 e. The van der Waals surface area contributed by atoms with Crippen LogP contribution in [0.5, 0.6) is 0 Å². The molecule has 1 saturated heterocycles. The number of aryl methyl sites for hydroxylation is 2. The standard InChI is InChI=1S/C23H26N6O/c1-15-25-18-7-3-2-6-17(18)22(26-15)29-12-10-16(11-13-29)27-23(30)21-14-24-19-8-4-5-9-20(19)28-21/h4-5,8-9,14,16H,2-3,6-7,10-13H2,1H3,(H,27,30). The molecule has 0 bridgehead atoms. The highest BCUT2D eigenvalue weighted by atomic mass is 16.1. The molecule has 3 aromatic rings. The van der Waals surface area contributed by atoms with Crippen LogP contribution in [0.1, 0.15) is 53.3 Å². The highest BCUT2D eigenvalue weighted by Crippen LogP contribution is 2.29. The van der Waals surface area contributed by atoms with Crippen LogP contribution < -0.4 is 10.2 Å². The number of piperidine rings is 1. The molecule has 30 heavy (non-hydrogen) atoms. The Labute approximate surface area is 176 Å². The number of benzene rings is 1. The Kier molecular flexibility index (Phi) is 5.02. The zero-order valence-corrected chi connectivity index (χ0v) is 17.3. The fraction of sp³-hybridized carbons (Fsp3) is 0.435. The number of nitrogens with zero attached hydrogens (tertiary/aromatic N) is 5. The van der Waals surface area contributed by atoms with Crippen LogP contribution >= 0.6 is 0 Å². The first-order valence-electron chi connectivity index (χ1n) is 10.8. The largest absolute Gasteiger partial charge is 0.356 e. The molecule has 1 aromatic carbocycles. The number of aromatic nitrogens is 4. The van der Waals surface area contributed by atoms with Crippen LogP contribution in [0, 0.1) is 6.92 Å². The van der Waals surface area contributed by atoms with Crippen LogP contribution in [0.2, 0.25) is 0 Å². The molecule has 1 amide bonds. The van der Waals surface area contributed by atoms with Gasteiger partial charge in [-0.25, -0.2) is 15.0 Å². The van der Waals surface area contributed by atoms with E-state index in [0.29, 0.717) is 5.69 Å². The minimum atomic E-state index is -0.151. The van der Waals surface area contributed by atoms with Crippen molar-refractivity contribution in [2.24, 2.45) is 0 Å². The molecule has 1 aliphatic carbocycles. The third kappa shape index (κ3) is 3.72. The average Bonchev–Trinajstić information content (AvgIpc) is 2.78. The Morgan fingerprint density at radius 2 is 1.80 bits per heavy atom. The van der Waals surface area contributed by atoms with Crippen molar-refractivity contribution >= 4 is 22.8 Å². The molecule has 0 saturated carbocycles. The molecular formula is C23H26N6O. The van der Waals surface area contributed by atoms with E-state index in [2.05, 4.69) is 25.2 Å². The second-order valence-corrected chi connectivity index (χ2v) is 8.21. The molecule has 1 aliphatic heterocycles. The quantitative estimate of drug-likeness (QED) is 0.725. The van der Waals surface area contributed by atoms with Crippen molar-refractivity contribution in [2.45, 2.75) is 51.5 Å². The maximum Gasteiger partial charge on any atom is 0.271 e. The summed E-state index contributed by atoms with van der Waals surface area (Å²) >= 11 is 0. The smallest absolute Gasteiger partial charge is 0.271 e. The number of para-hydroxylation sites is 2. The Morgan fingerprint density at radius 1 is 1.03 bits per heavy atom. The van der Waals surface area contributed by atoms with Crippen molar-refractivity contribution in [3.8, 4) is 0 Å². The molecule has 7 nitrogen and oxygen atoms in total. The zero-order valence-electron chi connectivity index (χ0n) is 17.3. The zero-order chi connectivity index (χ0) is 20.5. The number of carbonyl (C=O) groups excluding carboxylic acids is 1. The molecule has 5 rings (SSSR count). The second kappa shape index (κ2) is 7.97. The van der Waals surface area contributed by atoms with E-state index in [1.807, 2.05) is 31.2 Å². The maximum atomic E-state index is 12.7. The summed E-state index contributed by atoms with van der Waals surface area (Å²) < 4.78 is 0. The maximum absolute atomic E-state index is 12.7. The third-order valence-corrected chi connectivity index (χ3v) is 6.08. The van der Waals surface area contributed by atoms with Gasteiger partial charge in [0.2, 0.25) is 0 Å². The van der Waals surface area contributed by atoms with Crippen LogP contribution in [0.15, 0.2) is 30.5 Å². The van der Waals surface area contributed by atoms with E-state index in [1.165, 1.54) is 24.1 Å². The lowest BCUT2D eigenvalue weighted by Crippen LogP contribution is -2.45. The number of hydrogen-bond donors (Lipinski definition) is 1. The van der Waals surface area contributed by atoms with Crippen LogP contribution in [0.25, 0.3) is 11.0 Å². The molecule has 0 unspecified atom stereocenters. The number of fused-ring (bicyclic) bond motifs is 2. The Morgan fingerprint density at radius 3 is 2.63 bits per heavy atom. The Bertz CT molecular complexity index is 1090. The summed E-state index contributed by atoms with van der Waals surface area (Å²) in [7, 11) is 0. The summed E-state index contributed by atoms with van der Waals surface area (Å²) in [5, 5.41) is 3.14. The highest BCUT2D eigenvalue weighted by Gasteiger charge is 2.26. The Hall–Kier alpha value is -3.09. The van der Waals surface area contributed by atoms with Crippen LogP contribution in [0.3, 0.4) is 0 Å². The summed E-state index contributed by atoms with van der Waals surface area (Å²) in [5.74, 6) is 1.82. The number of hydrogen-bond acceptors (Lipinski definition) is 6. The van der Waals surface area contributed by atoms with E-state index < -0.39 is 0 Å². The predicted molar refractivity (Wildman–Crippen MR) is 116 cm³/mol. The first-order valence-corrected chi connectivity index (χ1v) is 10.8. The molecule has 3 heterocycles. The van der Waals surface area contributed by atoms with E-state index in [9.17, 15) is 4.79 Å². The molecule has 2 aliphatic rings. The third-order valence-electron chi connectivity index (χ3n) is 6.08. The topological polar surface area (TPSA) is 83.9 Å². The summed E-state index contributed by atoms with van der Waals surface area (Å²) in [5.41, 5.74) is 4.47. The van der Waals surface area contributed by atoms with Gasteiger partial charge in [0.05, 0.1) is 17.2 Å². The summed E-state index contributed by atoms with van der Waals surface area (Å²) in [4.78, 5) is 33.3. The fourth-order valence-corrected chi connectivity index (χ4v) is 4.52. The van der Waals surface area contributed by atoms with E-state index in [-0.39, 0.29) is 11.9 Å². The number of anilines is 1. The number of nitrogens with one attached hydrogen (secondary N) is 1. The minimum absolute atomic E-state index is 0.140. The molecule has 1 fully saturated rings. The van der Waals surface area contributed by atoms with Gasteiger partial charge in [-0.2, -0.15) is 0 Å². The lowest BCUT2D eigenvalue weighted by atomic mass is 9.95. The molecule has 7 heteroatoms. The van der Waals surface area contributed by atoms with Crippen molar-refractivity contribution in [1.29, 1.82) is 0 Å². The lowest BCUT2D eigenvalue weighted by Gasteiger charge is -2.35. The molecular weight excluding hydrogens is 376 g/mol. The fourth-order valence-electron chi connectivity index (χ4n) is 4.52. The summed E-state index contributed by atoms with van der Waals surface area (Å²) in [6.07, 6.45) is 7.91. The predicted octanol–water partition coefficient (Wildman–Crippen LogP) is 3.01. The monoisotopic (exact) mass is 402 g/mol. The van der Waals surface area contributed by atoms with Crippen LogP contribution in [-0.4, -0.2) is 45.0 Å². The molecule has 0 radical (unpaired) electrons. The SMILES string of the molecule is Cc1nc2c(c(N3CCC(NC(=O)c4cnc5ccccc5n4)CC3)n1)CCCC2. The van der Waals surface area contributed by atoms with Gasteiger partial charge in [-0.1, -0.05) is 12.1 Å². The van der Waals surface area contributed by atoms with Gasteiger partial charge in [-0.3, -0.25) is 9.78 Å². The van der Waals surface area contributed by atoms with Crippen molar-refractivity contribution in [2.75, 3.05) is 18.0 Å². The molecule has 0 spiro atoms. The molecule has 154 valence electrons. The van der Waals surface area contributed by atoms with Gasteiger partial charge in [0.25, 0.3) is 5.91 Å². The van der Waals surface area contributed by atoms with E-state index >= 15 is 0 Å². The average molecular weight is 403 g/mol. The number of rotatable bonds is 3. The van der Waals surface area contributed by atoms with Crippen LogP contribution in [-0.2, 0) is 12.8 Å². The van der Waals surface area contributed by atoms with E-state index in [1.54, 1.807) is 6.20 Å². The van der Waals surface area contributed by atoms with Crippen molar-refractivity contribution in [3.63, 3.8) is 0 Å². The first kappa shape index (κ1) is 18.9. The normalized spacial score (nSPS) is 17.0. The van der Waals surface area contributed by atoms with Crippen molar-refractivity contribution in [1.82, 2.24) is 25.3 Å². The van der Waals surface area contributed by atoms with Gasteiger partial charge in [0.1, 0.15) is 17.3 Å². The van der Waals surface area contributed by atoms with E-state index in [0.717, 1.165) is 61.4 Å². The number of amides is 1. The van der Waals surface area contributed by atoms with Gasteiger partial charge in [-0.05, 0) is 57.6 Å². The van der Waals surface area contributed by atoms with Crippen LogP contribution in [0.4, 0.5) is 5.82 Å².